The van der Waals surface area contributed by atoms with E-state index in [1.807, 2.05) is 6.92 Å². The molecule has 1 amide bonds. The normalized spacial score (nSPS) is 12.8. The predicted octanol–water partition coefficient (Wildman–Crippen LogP) is 4.26. The highest BCUT2D eigenvalue weighted by Gasteiger charge is 2.09. The molecule has 0 aliphatic heterocycles. The SMILES string of the molecule is CC(NC(=O)/C=C/c1ccc(Cl)c(Cl)c1)c1cccc(NS(C)(=O)=O)c1. The molecule has 1 unspecified atom stereocenters. The van der Waals surface area contributed by atoms with Crippen LogP contribution in [0.3, 0.4) is 0 Å². The number of anilines is 1. The van der Waals surface area contributed by atoms with E-state index in [1.54, 1.807) is 48.5 Å². The number of benzene rings is 2. The molecule has 0 fully saturated rings. The van der Waals surface area contributed by atoms with Crippen molar-refractivity contribution >= 4 is 50.9 Å². The molecule has 0 radical (unpaired) electrons. The van der Waals surface area contributed by atoms with E-state index in [4.69, 9.17) is 23.2 Å². The lowest BCUT2D eigenvalue weighted by Crippen LogP contribution is -2.24. The highest BCUT2D eigenvalue weighted by Crippen LogP contribution is 2.23. The van der Waals surface area contributed by atoms with E-state index in [1.165, 1.54) is 6.08 Å². The summed E-state index contributed by atoms with van der Waals surface area (Å²) < 4.78 is 25.0. The van der Waals surface area contributed by atoms with Crippen molar-refractivity contribution in [3.63, 3.8) is 0 Å². The van der Waals surface area contributed by atoms with Crippen LogP contribution in [-0.4, -0.2) is 20.6 Å². The number of hydrogen-bond acceptors (Lipinski definition) is 3. The molecule has 2 rings (SSSR count). The van der Waals surface area contributed by atoms with Gasteiger partial charge in [0, 0.05) is 11.8 Å². The van der Waals surface area contributed by atoms with Crippen molar-refractivity contribution in [1.29, 1.82) is 0 Å². The van der Waals surface area contributed by atoms with Crippen LogP contribution in [0.2, 0.25) is 10.0 Å². The van der Waals surface area contributed by atoms with Gasteiger partial charge in [0.15, 0.2) is 0 Å². The van der Waals surface area contributed by atoms with Crippen LogP contribution in [-0.2, 0) is 14.8 Å². The minimum Gasteiger partial charge on any atom is -0.346 e. The number of amides is 1. The first-order valence-electron chi connectivity index (χ1n) is 7.65. The summed E-state index contributed by atoms with van der Waals surface area (Å²) in [5.74, 6) is -0.287. The van der Waals surface area contributed by atoms with Gasteiger partial charge < -0.3 is 5.32 Å². The van der Waals surface area contributed by atoms with Crippen LogP contribution in [0, 0.1) is 0 Å². The van der Waals surface area contributed by atoms with Crippen LogP contribution in [0.15, 0.2) is 48.5 Å². The quantitative estimate of drug-likeness (QED) is 0.695. The maximum Gasteiger partial charge on any atom is 0.244 e. The van der Waals surface area contributed by atoms with Gasteiger partial charge in [0.05, 0.1) is 22.3 Å². The molecule has 8 heteroatoms. The second-order valence-corrected chi connectivity index (χ2v) is 8.30. The molecule has 2 N–H and O–H groups in total. The molecule has 1 atom stereocenters. The fourth-order valence-corrected chi connectivity index (χ4v) is 3.08. The highest BCUT2D eigenvalue weighted by molar-refractivity contribution is 7.92. The third-order valence-corrected chi connectivity index (χ3v) is 4.76. The zero-order chi connectivity index (χ0) is 19.3. The number of halogens is 2. The van der Waals surface area contributed by atoms with E-state index in [0.29, 0.717) is 15.7 Å². The van der Waals surface area contributed by atoms with Crippen molar-refractivity contribution in [1.82, 2.24) is 5.32 Å². The molecule has 26 heavy (non-hydrogen) atoms. The van der Waals surface area contributed by atoms with Crippen molar-refractivity contribution in [2.75, 3.05) is 11.0 Å². The van der Waals surface area contributed by atoms with Crippen LogP contribution in [0.1, 0.15) is 24.1 Å². The van der Waals surface area contributed by atoms with Crippen molar-refractivity contribution in [2.24, 2.45) is 0 Å². The Morgan fingerprint density at radius 1 is 1.12 bits per heavy atom. The number of rotatable bonds is 6. The first kappa shape index (κ1) is 20.3. The molecule has 0 aliphatic rings. The van der Waals surface area contributed by atoms with Gasteiger partial charge in [0.1, 0.15) is 0 Å². The Morgan fingerprint density at radius 3 is 2.50 bits per heavy atom. The first-order chi connectivity index (χ1) is 12.1. The first-order valence-corrected chi connectivity index (χ1v) is 10.3. The Labute approximate surface area is 163 Å². The lowest BCUT2D eigenvalue weighted by Gasteiger charge is -2.14. The van der Waals surface area contributed by atoms with Gasteiger partial charge >= 0.3 is 0 Å². The van der Waals surface area contributed by atoms with Crippen LogP contribution < -0.4 is 10.0 Å². The number of carbonyl (C=O) groups excluding carboxylic acids is 1. The van der Waals surface area contributed by atoms with Crippen LogP contribution in [0.25, 0.3) is 6.08 Å². The maximum absolute atomic E-state index is 12.1. The molecule has 2 aromatic carbocycles. The van der Waals surface area contributed by atoms with Crippen LogP contribution in [0.5, 0.6) is 0 Å². The molecule has 138 valence electrons. The maximum atomic E-state index is 12.1. The second-order valence-electron chi connectivity index (χ2n) is 5.74. The number of carbonyl (C=O) groups is 1. The number of sulfonamides is 1. The summed E-state index contributed by atoms with van der Waals surface area (Å²) in [7, 11) is -3.36. The zero-order valence-corrected chi connectivity index (χ0v) is 16.5. The van der Waals surface area contributed by atoms with Crippen LogP contribution >= 0.6 is 23.2 Å². The number of hydrogen-bond donors (Lipinski definition) is 2. The van der Waals surface area contributed by atoms with Gasteiger partial charge in [-0.1, -0.05) is 41.4 Å². The summed E-state index contributed by atoms with van der Waals surface area (Å²) in [6, 6.07) is 11.6. The Bertz CT molecular complexity index is 943. The van der Waals surface area contributed by atoms with E-state index in [2.05, 4.69) is 10.0 Å². The smallest absolute Gasteiger partial charge is 0.244 e. The monoisotopic (exact) mass is 412 g/mol. The summed E-state index contributed by atoms with van der Waals surface area (Å²) in [5, 5.41) is 3.68. The minimum absolute atomic E-state index is 0.287. The molecule has 0 spiro atoms. The molecular formula is C18H18Cl2N2O3S. The topological polar surface area (TPSA) is 75.3 Å². The third kappa shape index (κ3) is 6.37. The molecule has 0 aromatic heterocycles. The molecule has 0 aliphatic carbocycles. The minimum atomic E-state index is -3.36. The molecular weight excluding hydrogens is 395 g/mol. The van der Waals surface area contributed by atoms with E-state index < -0.39 is 10.0 Å². The van der Waals surface area contributed by atoms with Crippen molar-refractivity contribution < 1.29 is 13.2 Å². The summed E-state index contributed by atoms with van der Waals surface area (Å²) in [6.07, 6.45) is 4.11. The molecule has 0 heterocycles. The van der Waals surface area contributed by atoms with Gasteiger partial charge in [-0.05, 0) is 48.4 Å². The lowest BCUT2D eigenvalue weighted by molar-refractivity contribution is -0.117. The Kier molecular flexibility index (Phi) is 6.69. The van der Waals surface area contributed by atoms with Gasteiger partial charge in [0.2, 0.25) is 15.9 Å². The Balaban J connectivity index is 2.03. The Morgan fingerprint density at radius 2 is 1.85 bits per heavy atom. The van der Waals surface area contributed by atoms with E-state index in [9.17, 15) is 13.2 Å². The molecule has 5 nitrogen and oxygen atoms in total. The van der Waals surface area contributed by atoms with Gasteiger partial charge in [0.25, 0.3) is 0 Å². The van der Waals surface area contributed by atoms with Gasteiger partial charge in [-0.15, -0.1) is 0 Å². The number of nitrogens with one attached hydrogen (secondary N) is 2. The average Bonchev–Trinajstić information content (AvgIpc) is 2.54. The van der Waals surface area contributed by atoms with Crippen molar-refractivity contribution in [3.05, 3.63) is 69.7 Å². The van der Waals surface area contributed by atoms with Gasteiger partial charge in [-0.2, -0.15) is 0 Å². The molecule has 0 saturated heterocycles. The fraction of sp³-hybridized carbons (Fsp3) is 0.167. The fourth-order valence-electron chi connectivity index (χ4n) is 2.22. The van der Waals surface area contributed by atoms with Gasteiger partial charge in [-0.3, -0.25) is 9.52 Å². The highest BCUT2D eigenvalue weighted by atomic mass is 35.5. The molecule has 2 aromatic rings. The van der Waals surface area contributed by atoms with Crippen molar-refractivity contribution in [2.45, 2.75) is 13.0 Å². The predicted molar refractivity (Wildman–Crippen MR) is 107 cm³/mol. The summed E-state index contributed by atoms with van der Waals surface area (Å²) in [5.41, 5.74) is 1.97. The summed E-state index contributed by atoms with van der Waals surface area (Å²) in [4.78, 5) is 12.1. The average molecular weight is 413 g/mol. The van der Waals surface area contributed by atoms with E-state index in [0.717, 1.165) is 17.4 Å². The summed E-state index contributed by atoms with van der Waals surface area (Å²) >= 11 is 11.8. The van der Waals surface area contributed by atoms with E-state index in [-0.39, 0.29) is 11.9 Å². The van der Waals surface area contributed by atoms with Crippen molar-refractivity contribution in [3.8, 4) is 0 Å². The Hall–Kier alpha value is -2.02. The van der Waals surface area contributed by atoms with Gasteiger partial charge in [-0.25, -0.2) is 8.42 Å². The second kappa shape index (κ2) is 8.58. The standard InChI is InChI=1S/C18H18Cl2N2O3S/c1-12(14-4-3-5-15(11-14)22-26(2,24)25)21-18(23)9-7-13-6-8-16(19)17(20)10-13/h3-12,22H,1-2H3,(H,21,23)/b9-7+. The van der Waals surface area contributed by atoms with Crippen LogP contribution in [0.4, 0.5) is 5.69 Å². The summed E-state index contributed by atoms with van der Waals surface area (Å²) in [6.45, 7) is 1.81. The lowest BCUT2D eigenvalue weighted by atomic mass is 10.1. The zero-order valence-electron chi connectivity index (χ0n) is 14.2. The molecule has 0 bridgehead atoms. The molecule has 0 saturated carbocycles. The third-order valence-electron chi connectivity index (χ3n) is 3.42. The van der Waals surface area contributed by atoms with E-state index >= 15 is 0 Å². The largest absolute Gasteiger partial charge is 0.346 e.